The van der Waals surface area contributed by atoms with Crippen LogP contribution in [0.5, 0.6) is 0 Å². The fourth-order valence-electron chi connectivity index (χ4n) is 7.89. The predicted octanol–water partition coefficient (Wildman–Crippen LogP) is 6.08. The number of nitrogens with one attached hydrogen (secondary N) is 1. The van der Waals surface area contributed by atoms with Crippen LogP contribution in [0.25, 0.3) is 0 Å². The van der Waals surface area contributed by atoms with Crippen molar-refractivity contribution in [2.45, 2.75) is 110 Å². The molecule has 1 heterocycles. The zero-order valence-electron chi connectivity index (χ0n) is 26.3. The summed E-state index contributed by atoms with van der Waals surface area (Å²) in [5, 5.41) is 0.970. The van der Waals surface area contributed by atoms with Crippen molar-refractivity contribution in [1.82, 2.24) is 15.3 Å². The Morgan fingerprint density at radius 2 is 1.51 bits per heavy atom. The van der Waals surface area contributed by atoms with Crippen molar-refractivity contribution in [3.63, 3.8) is 0 Å². The minimum absolute atomic E-state index is 0.0517. The Kier molecular flexibility index (Phi) is 8.69. The van der Waals surface area contributed by atoms with Crippen molar-refractivity contribution in [3.8, 4) is 0 Å². The number of ether oxygens (including phenoxy) is 3. The van der Waals surface area contributed by atoms with Gasteiger partial charge in [-0.1, -0.05) is 30.3 Å². The summed E-state index contributed by atoms with van der Waals surface area (Å²) in [6, 6.07) is 7.86. The van der Waals surface area contributed by atoms with Gasteiger partial charge in [-0.2, -0.15) is 0 Å². The van der Waals surface area contributed by atoms with Crippen molar-refractivity contribution in [1.29, 1.82) is 0 Å². The van der Waals surface area contributed by atoms with Gasteiger partial charge in [-0.05, 0) is 122 Å². The van der Waals surface area contributed by atoms with Gasteiger partial charge >= 0.3 is 18.3 Å². The molecule has 10 nitrogen and oxygen atoms in total. The molecule has 4 aliphatic carbocycles. The lowest BCUT2D eigenvalue weighted by atomic mass is 9.51. The number of nitrogens with zero attached hydrogens (tertiary/aromatic N) is 2. The maximum absolute atomic E-state index is 14.6. The minimum Gasteiger partial charge on any atom is -0.447 e. The number of benzene rings is 1. The van der Waals surface area contributed by atoms with Crippen molar-refractivity contribution in [2.75, 3.05) is 6.61 Å². The van der Waals surface area contributed by atoms with Gasteiger partial charge in [0.25, 0.3) is 5.91 Å². The number of carbonyl (C=O) groups excluding carboxylic acids is 4. The monoisotopic (exact) mass is 597 g/mol. The van der Waals surface area contributed by atoms with E-state index in [1.54, 1.807) is 41.5 Å². The molecule has 0 aromatic heterocycles. The molecule has 0 unspecified atom stereocenters. The molecule has 4 bridgehead atoms. The first-order valence-electron chi connectivity index (χ1n) is 15.7. The molecular weight excluding hydrogens is 550 g/mol. The molecule has 10 heteroatoms. The van der Waals surface area contributed by atoms with E-state index in [1.165, 1.54) is 6.42 Å². The smallest absolute Gasteiger partial charge is 0.430 e. The number of amides is 4. The Balaban J connectivity index is 1.48. The van der Waals surface area contributed by atoms with Crippen molar-refractivity contribution < 1.29 is 33.4 Å². The summed E-state index contributed by atoms with van der Waals surface area (Å²) in [5.74, 6) is 1.92. The number of rotatable bonds is 6. The lowest BCUT2D eigenvalue weighted by Crippen LogP contribution is -2.61. The van der Waals surface area contributed by atoms with Crippen LogP contribution in [-0.4, -0.2) is 64.0 Å². The second-order valence-corrected chi connectivity index (χ2v) is 14.9. The maximum Gasteiger partial charge on any atom is 0.430 e. The molecule has 4 amide bonds. The summed E-state index contributed by atoms with van der Waals surface area (Å²) >= 11 is 0. The zero-order chi connectivity index (χ0) is 31.1. The summed E-state index contributed by atoms with van der Waals surface area (Å²) in [7, 11) is 0. The molecule has 6 rings (SSSR count). The van der Waals surface area contributed by atoms with E-state index in [2.05, 4.69) is 5.43 Å². The van der Waals surface area contributed by atoms with Gasteiger partial charge < -0.3 is 14.2 Å². The van der Waals surface area contributed by atoms with E-state index in [4.69, 9.17) is 14.2 Å². The molecular formula is C33H47N3O7. The molecule has 2 atom stereocenters. The minimum atomic E-state index is -1.19. The topological polar surface area (TPSA) is 114 Å². The molecule has 236 valence electrons. The molecule has 1 aliphatic heterocycles. The first-order valence-corrected chi connectivity index (χ1v) is 15.7. The van der Waals surface area contributed by atoms with Crippen LogP contribution in [0.2, 0.25) is 0 Å². The molecule has 1 saturated heterocycles. The third-order valence-electron chi connectivity index (χ3n) is 9.23. The van der Waals surface area contributed by atoms with Gasteiger partial charge in [-0.3, -0.25) is 4.79 Å². The summed E-state index contributed by atoms with van der Waals surface area (Å²) < 4.78 is 16.6. The Hall–Kier alpha value is -3.30. The van der Waals surface area contributed by atoms with Gasteiger partial charge in [-0.15, -0.1) is 0 Å². The molecule has 43 heavy (non-hydrogen) atoms. The van der Waals surface area contributed by atoms with E-state index in [1.807, 2.05) is 30.3 Å². The largest absolute Gasteiger partial charge is 0.447 e. The quantitative estimate of drug-likeness (QED) is 0.312. The zero-order valence-corrected chi connectivity index (χ0v) is 26.3. The van der Waals surface area contributed by atoms with Crippen LogP contribution in [0, 0.1) is 29.6 Å². The molecule has 0 radical (unpaired) electrons. The first kappa shape index (κ1) is 31.1. The number of hydrogen-bond donors (Lipinski definition) is 1. The molecule has 1 aromatic carbocycles. The highest BCUT2D eigenvalue weighted by molar-refractivity contribution is 5.98. The highest BCUT2D eigenvalue weighted by Crippen LogP contribution is 2.57. The number of hydrogen-bond acceptors (Lipinski definition) is 7. The highest BCUT2D eigenvalue weighted by Gasteiger charge is 2.52. The Bertz CT molecular complexity index is 1180. The van der Waals surface area contributed by atoms with Gasteiger partial charge in [0.15, 0.2) is 0 Å². The summed E-state index contributed by atoms with van der Waals surface area (Å²) in [5.41, 5.74) is 1.76. The van der Waals surface area contributed by atoms with Crippen LogP contribution in [0.15, 0.2) is 30.3 Å². The Morgan fingerprint density at radius 1 is 0.930 bits per heavy atom. The van der Waals surface area contributed by atoms with E-state index < -0.39 is 47.5 Å². The highest BCUT2D eigenvalue weighted by atomic mass is 16.6. The number of carbonyl (C=O) groups is 4. The average Bonchev–Trinajstić information content (AvgIpc) is 3.24. The first-order chi connectivity index (χ1) is 20.2. The van der Waals surface area contributed by atoms with Crippen molar-refractivity contribution in [3.05, 3.63) is 35.9 Å². The van der Waals surface area contributed by atoms with Gasteiger partial charge in [0, 0.05) is 0 Å². The van der Waals surface area contributed by atoms with E-state index in [-0.39, 0.29) is 12.5 Å². The van der Waals surface area contributed by atoms with Crippen molar-refractivity contribution in [2.24, 2.45) is 29.6 Å². The molecule has 1 aromatic rings. The van der Waals surface area contributed by atoms with Crippen LogP contribution >= 0.6 is 0 Å². The number of imide groups is 1. The standard InChI is InChI=1S/C33H47N3O7/c1-32(2,3)42-29(38)34-36(31(40)43-33(4,5)6)27(18-26-23-13-21-12-22(15-23)16-24(26)14-21)28(37)35-25(19-41-30(35)39)17-20-10-8-7-9-11-20/h7-11,21-27H,12-19H2,1-6H3,(H,34,38)/t21?,22?,23?,24?,25-,26?,27-/m0/s1. The maximum atomic E-state index is 14.6. The lowest BCUT2D eigenvalue weighted by Gasteiger charge is -2.55. The number of hydrazine groups is 1. The Labute approximate surface area is 254 Å². The van der Waals surface area contributed by atoms with Gasteiger partial charge in [-0.25, -0.2) is 29.7 Å². The average molecular weight is 598 g/mol. The van der Waals surface area contributed by atoms with Crippen LogP contribution < -0.4 is 5.43 Å². The van der Waals surface area contributed by atoms with Crippen LogP contribution in [0.3, 0.4) is 0 Å². The van der Waals surface area contributed by atoms with Gasteiger partial charge in [0.05, 0.1) is 6.04 Å². The molecule has 1 N–H and O–H groups in total. The molecule has 0 spiro atoms. The van der Waals surface area contributed by atoms with Crippen LogP contribution in [0.4, 0.5) is 14.4 Å². The summed E-state index contributed by atoms with van der Waals surface area (Å²) in [6.07, 6.45) is 3.97. The van der Waals surface area contributed by atoms with Gasteiger partial charge in [0.1, 0.15) is 23.9 Å². The third kappa shape index (κ3) is 7.44. The van der Waals surface area contributed by atoms with Gasteiger partial charge in [0.2, 0.25) is 0 Å². The Morgan fingerprint density at radius 3 is 2.07 bits per heavy atom. The fourth-order valence-corrected chi connectivity index (χ4v) is 7.89. The van der Waals surface area contributed by atoms with Crippen LogP contribution in [-0.2, 0) is 25.4 Å². The van der Waals surface area contributed by atoms with E-state index in [0.717, 1.165) is 53.0 Å². The van der Waals surface area contributed by atoms with Crippen molar-refractivity contribution >= 4 is 24.2 Å². The normalized spacial score (nSPS) is 28.7. The SMILES string of the molecule is CC(C)(C)OC(=O)NN(C(=O)OC(C)(C)C)[C@@H](CC1C2CC3CC(C2)CC1C3)C(=O)N1C(=O)OC[C@@H]1Cc1ccccc1. The van der Waals surface area contributed by atoms with E-state index in [9.17, 15) is 19.2 Å². The molecule has 5 fully saturated rings. The second-order valence-electron chi connectivity index (χ2n) is 14.9. The van der Waals surface area contributed by atoms with E-state index >= 15 is 0 Å². The number of cyclic esters (lactones) is 1. The molecule has 5 aliphatic rings. The fraction of sp³-hybridized carbons (Fsp3) is 0.697. The van der Waals surface area contributed by atoms with Crippen LogP contribution in [0.1, 0.15) is 85.6 Å². The molecule has 4 saturated carbocycles. The second kappa shape index (κ2) is 12.0. The summed E-state index contributed by atoms with van der Waals surface area (Å²) in [6.45, 7) is 10.4. The summed E-state index contributed by atoms with van der Waals surface area (Å²) in [4.78, 5) is 55.7. The lowest BCUT2D eigenvalue weighted by molar-refractivity contribution is -0.138. The third-order valence-corrected chi connectivity index (χ3v) is 9.23. The predicted molar refractivity (Wildman–Crippen MR) is 159 cm³/mol. The van der Waals surface area contributed by atoms with E-state index in [0.29, 0.717) is 24.7 Å².